The molecule has 11 N–H and O–H groups in total. The summed E-state index contributed by atoms with van der Waals surface area (Å²) >= 11 is 0. The van der Waals surface area contributed by atoms with Crippen LogP contribution < -0.4 is 38.5 Å². The van der Waals surface area contributed by atoms with Gasteiger partial charge in [0.15, 0.2) is 5.96 Å². The van der Waals surface area contributed by atoms with Crippen LogP contribution in [0.15, 0.2) is 29.3 Å². The van der Waals surface area contributed by atoms with E-state index in [2.05, 4.69) is 26.3 Å². The monoisotopic (exact) mass is 741 g/mol. The van der Waals surface area contributed by atoms with Crippen LogP contribution in [-0.4, -0.2) is 94.7 Å². The maximum absolute atomic E-state index is 14.1. The summed E-state index contributed by atoms with van der Waals surface area (Å²) in [5.74, 6) is -2.90. The maximum Gasteiger partial charge on any atom is 0.245 e. The molecule has 0 spiro atoms. The number of guanidine groups is 1. The van der Waals surface area contributed by atoms with Gasteiger partial charge in [0, 0.05) is 26.4 Å². The third-order valence-corrected chi connectivity index (χ3v) is 9.92. The van der Waals surface area contributed by atoms with E-state index >= 15 is 0 Å². The van der Waals surface area contributed by atoms with E-state index in [0.29, 0.717) is 50.6 Å². The van der Waals surface area contributed by atoms with E-state index in [9.17, 15) is 33.9 Å². The molecule has 0 aromatic heterocycles. The number of carbonyl (C=O) groups excluding carboxylic acids is 6. The molecule has 16 heteroatoms. The summed E-state index contributed by atoms with van der Waals surface area (Å²) < 4.78 is 0. The first-order valence-corrected chi connectivity index (χ1v) is 18.9. The molecule has 5 atom stereocenters. The molecule has 1 aromatic carbocycles. The molecule has 0 radical (unpaired) electrons. The first-order valence-electron chi connectivity index (χ1n) is 18.9. The summed E-state index contributed by atoms with van der Waals surface area (Å²) in [5.41, 5.74) is 17.0. The lowest BCUT2D eigenvalue weighted by Gasteiger charge is -2.42. The van der Waals surface area contributed by atoms with E-state index in [1.54, 1.807) is 12.1 Å². The Hall–Kier alpha value is -4.89. The molecule has 2 aliphatic rings. The van der Waals surface area contributed by atoms with Crippen molar-refractivity contribution >= 4 is 41.4 Å². The van der Waals surface area contributed by atoms with Crippen molar-refractivity contribution in [3.8, 4) is 5.75 Å². The van der Waals surface area contributed by atoms with Crippen LogP contribution in [0.1, 0.15) is 103 Å². The number of hydrogen-bond acceptors (Lipinski definition) is 8. The molecule has 16 nitrogen and oxygen atoms in total. The van der Waals surface area contributed by atoms with Gasteiger partial charge in [0.05, 0.1) is 0 Å². The van der Waals surface area contributed by atoms with Gasteiger partial charge in [-0.15, -0.1) is 0 Å². The Morgan fingerprint density at radius 1 is 0.811 bits per heavy atom. The number of phenolic OH excluding ortho intramolecular Hbond substituents is 1. The van der Waals surface area contributed by atoms with Crippen LogP contribution in [0.3, 0.4) is 0 Å². The number of aliphatic imine (C=N–C) groups is 1. The molecular weight excluding hydrogens is 682 g/mol. The van der Waals surface area contributed by atoms with Gasteiger partial charge in [-0.1, -0.05) is 64.0 Å². The second-order valence-electron chi connectivity index (χ2n) is 14.2. The summed E-state index contributed by atoms with van der Waals surface area (Å²) in [7, 11) is 0. The fourth-order valence-corrected chi connectivity index (χ4v) is 6.87. The summed E-state index contributed by atoms with van der Waals surface area (Å²) in [6.07, 6.45) is 9.09. The SMILES string of the molecule is CCCC[C@H](NC(C)=O)C(=O)N[C@H](CC1CCCCC1)C(=O)N1CC[C@H]1C(=O)N[C@H](Cc1ccc(O)cc1)C(=O)N[C@@H](CCCCN=C(N)N)C(N)=O. The number of unbranched alkanes of at least 4 members (excludes halogenated alkanes) is 2. The molecule has 6 amide bonds. The third kappa shape index (κ3) is 14.2. The number of benzene rings is 1. The normalized spacial score (nSPS) is 17.9. The van der Waals surface area contributed by atoms with Gasteiger partial charge in [-0.2, -0.15) is 0 Å². The van der Waals surface area contributed by atoms with Gasteiger partial charge in [-0.05, 0) is 62.1 Å². The van der Waals surface area contributed by atoms with Crippen LogP contribution in [0, 0.1) is 5.92 Å². The van der Waals surface area contributed by atoms with Gasteiger partial charge in [-0.3, -0.25) is 33.8 Å². The first kappa shape index (κ1) is 42.5. The van der Waals surface area contributed by atoms with Crippen molar-refractivity contribution in [1.29, 1.82) is 0 Å². The summed E-state index contributed by atoms with van der Waals surface area (Å²) in [5, 5.41) is 20.9. The number of phenols is 1. The lowest BCUT2D eigenvalue weighted by molar-refractivity contribution is -0.151. The van der Waals surface area contributed by atoms with E-state index in [4.69, 9.17) is 17.2 Å². The Balaban J connectivity index is 1.77. The van der Waals surface area contributed by atoms with Gasteiger partial charge < -0.3 is 48.5 Å². The molecule has 53 heavy (non-hydrogen) atoms. The molecule has 1 saturated carbocycles. The fourth-order valence-electron chi connectivity index (χ4n) is 6.87. The van der Waals surface area contributed by atoms with Gasteiger partial charge >= 0.3 is 0 Å². The number of carbonyl (C=O) groups is 6. The lowest BCUT2D eigenvalue weighted by atomic mass is 9.84. The minimum atomic E-state index is -1.15. The zero-order chi connectivity index (χ0) is 38.9. The highest BCUT2D eigenvalue weighted by Crippen LogP contribution is 2.29. The van der Waals surface area contributed by atoms with Gasteiger partial charge in [-0.25, -0.2) is 0 Å². The third-order valence-electron chi connectivity index (χ3n) is 9.92. The maximum atomic E-state index is 14.1. The second-order valence-corrected chi connectivity index (χ2v) is 14.2. The van der Waals surface area contributed by atoms with E-state index in [1.165, 1.54) is 24.0 Å². The Morgan fingerprint density at radius 2 is 1.45 bits per heavy atom. The van der Waals surface area contributed by atoms with E-state index in [1.807, 2.05) is 6.92 Å². The molecule has 2 fully saturated rings. The van der Waals surface area contributed by atoms with Gasteiger partial charge in [0.1, 0.15) is 36.0 Å². The van der Waals surface area contributed by atoms with Crippen molar-refractivity contribution in [3.05, 3.63) is 29.8 Å². The summed E-state index contributed by atoms with van der Waals surface area (Å²) in [4.78, 5) is 84.6. The number of nitrogens with one attached hydrogen (secondary N) is 4. The minimum Gasteiger partial charge on any atom is -0.508 e. The molecular formula is C37H59N9O7. The summed E-state index contributed by atoms with van der Waals surface area (Å²) in [6, 6.07) is 1.41. The highest BCUT2D eigenvalue weighted by Gasteiger charge is 2.42. The van der Waals surface area contributed by atoms with Crippen molar-refractivity contribution in [2.45, 2.75) is 134 Å². The first-order chi connectivity index (χ1) is 25.3. The van der Waals surface area contributed by atoms with Crippen LogP contribution in [0.5, 0.6) is 5.75 Å². The molecule has 1 heterocycles. The quantitative estimate of drug-likeness (QED) is 0.0497. The molecule has 1 aliphatic heterocycles. The predicted octanol–water partition coefficient (Wildman–Crippen LogP) is 0.584. The topological polar surface area (TPSA) is 264 Å². The molecule has 1 aromatic rings. The molecule has 3 rings (SSSR count). The number of nitrogens with two attached hydrogens (primary N) is 3. The van der Waals surface area contributed by atoms with Crippen molar-refractivity contribution < 1.29 is 33.9 Å². The molecule has 294 valence electrons. The van der Waals surface area contributed by atoms with Crippen molar-refractivity contribution in [2.24, 2.45) is 28.1 Å². The Morgan fingerprint density at radius 3 is 2.04 bits per heavy atom. The van der Waals surface area contributed by atoms with E-state index in [-0.39, 0.29) is 48.8 Å². The number of primary amides is 1. The number of aromatic hydroxyl groups is 1. The number of rotatable bonds is 21. The zero-order valence-corrected chi connectivity index (χ0v) is 31.1. The molecule has 1 aliphatic carbocycles. The second kappa shape index (κ2) is 21.6. The van der Waals surface area contributed by atoms with Gasteiger partial charge in [0.25, 0.3) is 0 Å². The van der Waals surface area contributed by atoms with E-state index in [0.717, 1.165) is 38.5 Å². The van der Waals surface area contributed by atoms with Crippen molar-refractivity contribution in [3.63, 3.8) is 0 Å². The highest BCUT2D eigenvalue weighted by molar-refractivity contribution is 5.97. The minimum absolute atomic E-state index is 0.0250. The molecule has 0 unspecified atom stereocenters. The molecule has 0 bridgehead atoms. The molecule has 1 saturated heterocycles. The number of nitrogens with zero attached hydrogens (tertiary/aromatic N) is 2. The van der Waals surface area contributed by atoms with Crippen molar-refractivity contribution in [2.75, 3.05) is 13.1 Å². The predicted molar refractivity (Wildman–Crippen MR) is 200 cm³/mol. The van der Waals surface area contributed by atoms with Gasteiger partial charge in [0.2, 0.25) is 35.4 Å². The average molecular weight is 742 g/mol. The van der Waals surface area contributed by atoms with Crippen LogP contribution >= 0.6 is 0 Å². The van der Waals surface area contributed by atoms with Crippen LogP contribution in [0.4, 0.5) is 0 Å². The smallest absolute Gasteiger partial charge is 0.245 e. The standard InChI is InChI=1S/C37H59N9O7/c1-3-4-12-28(42-23(2)47)33(50)45-30(22-24-10-6-5-7-11-24)36(53)46-20-18-31(46)35(52)44-29(21-25-14-16-26(48)17-15-25)34(51)43-27(32(38)49)13-8-9-19-41-37(39)40/h14-17,24,27-31,48H,3-13,18-22H2,1-2H3,(H2,38,49)(H,42,47)(H,43,51)(H,44,52)(H,45,50)(H4,39,40,41)/t27-,28-,29+,30+,31-/m0/s1. The van der Waals surface area contributed by atoms with Crippen LogP contribution in [-0.2, 0) is 35.2 Å². The van der Waals surface area contributed by atoms with Crippen LogP contribution in [0.2, 0.25) is 0 Å². The Labute approximate surface area is 311 Å². The number of hydrogen-bond donors (Lipinski definition) is 8. The Kier molecular flexibility index (Phi) is 17.3. The van der Waals surface area contributed by atoms with Crippen molar-refractivity contribution in [1.82, 2.24) is 26.2 Å². The Bertz CT molecular complexity index is 1430. The average Bonchev–Trinajstić information content (AvgIpc) is 3.09. The lowest BCUT2D eigenvalue weighted by Crippen LogP contribution is -2.65. The van der Waals surface area contributed by atoms with E-state index < -0.39 is 53.8 Å². The number of amides is 6. The fraction of sp³-hybridized carbons (Fsp3) is 0.649. The number of likely N-dealkylation sites (tertiary alicyclic amines) is 1. The highest BCUT2D eigenvalue weighted by atomic mass is 16.3. The van der Waals surface area contributed by atoms with Crippen LogP contribution in [0.25, 0.3) is 0 Å². The largest absolute Gasteiger partial charge is 0.508 e. The zero-order valence-electron chi connectivity index (χ0n) is 31.1. The summed E-state index contributed by atoms with van der Waals surface area (Å²) in [6.45, 7) is 3.97.